The van der Waals surface area contributed by atoms with Gasteiger partial charge in [0.1, 0.15) is 12.4 Å². The summed E-state index contributed by atoms with van der Waals surface area (Å²) in [6.07, 6.45) is 3.83. The van der Waals surface area contributed by atoms with Gasteiger partial charge in [0.2, 0.25) is 0 Å². The van der Waals surface area contributed by atoms with E-state index in [1.54, 1.807) is 0 Å². The van der Waals surface area contributed by atoms with Crippen molar-refractivity contribution < 1.29 is 9.47 Å². The third kappa shape index (κ3) is 4.37. The van der Waals surface area contributed by atoms with Crippen molar-refractivity contribution in [1.29, 1.82) is 0 Å². The molecular formula is C16H24ClNO2. The van der Waals surface area contributed by atoms with Crippen LogP contribution in [0.25, 0.3) is 0 Å². The van der Waals surface area contributed by atoms with Crippen molar-refractivity contribution >= 4 is 11.6 Å². The van der Waals surface area contributed by atoms with Gasteiger partial charge >= 0.3 is 0 Å². The fourth-order valence-corrected chi connectivity index (χ4v) is 2.69. The summed E-state index contributed by atoms with van der Waals surface area (Å²) in [5.41, 5.74) is 1.11. The smallest absolute Gasteiger partial charge is 0.142 e. The highest BCUT2D eigenvalue weighted by atomic mass is 35.5. The predicted molar refractivity (Wildman–Crippen MR) is 82.5 cm³/mol. The van der Waals surface area contributed by atoms with E-state index in [1.807, 2.05) is 12.1 Å². The SMILES string of the molecule is CCCNCc1cccc(Cl)c1OCC1CCC(C)O1. The number of rotatable bonds is 7. The number of nitrogens with one attached hydrogen (secondary N) is 1. The maximum Gasteiger partial charge on any atom is 0.142 e. The number of hydrogen-bond donors (Lipinski definition) is 1. The molecule has 20 heavy (non-hydrogen) atoms. The van der Waals surface area contributed by atoms with Gasteiger partial charge in [-0.2, -0.15) is 0 Å². The van der Waals surface area contributed by atoms with Gasteiger partial charge in [-0.05, 0) is 38.8 Å². The molecule has 1 fully saturated rings. The molecule has 1 aliphatic rings. The average Bonchev–Trinajstić information content (AvgIpc) is 2.84. The third-order valence-corrected chi connectivity index (χ3v) is 3.82. The van der Waals surface area contributed by atoms with Crippen LogP contribution in [0.15, 0.2) is 18.2 Å². The van der Waals surface area contributed by atoms with Crippen molar-refractivity contribution in [3.8, 4) is 5.75 Å². The Hall–Kier alpha value is -0.770. The fraction of sp³-hybridized carbons (Fsp3) is 0.625. The van der Waals surface area contributed by atoms with E-state index < -0.39 is 0 Å². The summed E-state index contributed by atoms with van der Waals surface area (Å²) in [5, 5.41) is 4.06. The molecule has 0 amide bonds. The molecule has 0 saturated carbocycles. The van der Waals surface area contributed by atoms with Gasteiger partial charge in [-0.25, -0.2) is 0 Å². The van der Waals surface area contributed by atoms with Crippen molar-refractivity contribution in [3.05, 3.63) is 28.8 Å². The van der Waals surface area contributed by atoms with Gasteiger partial charge in [0.25, 0.3) is 0 Å². The van der Waals surface area contributed by atoms with E-state index in [1.165, 1.54) is 0 Å². The predicted octanol–water partition coefficient (Wildman–Crippen LogP) is 3.79. The normalized spacial score (nSPS) is 22.1. The number of benzene rings is 1. The van der Waals surface area contributed by atoms with Crippen molar-refractivity contribution in [2.75, 3.05) is 13.2 Å². The lowest BCUT2D eigenvalue weighted by atomic mass is 10.2. The first-order chi connectivity index (χ1) is 9.70. The number of ether oxygens (including phenoxy) is 2. The van der Waals surface area contributed by atoms with E-state index >= 15 is 0 Å². The van der Waals surface area contributed by atoms with Crippen molar-refractivity contribution in [1.82, 2.24) is 5.32 Å². The first-order valence-corrected chi connectivity index (χ1v) is 7.85. The van der Waals surface area contributed by atoms with Gasteiger partial charge in [0.15, 0.2) is 0 Å². The van der Waals surface area contributed by atoms with Crippen LogP contribution in [-0.2, 0) is 11.3 Å². The summed E-state index contributed by atoms with van der Waals surface area (Å²) in [5.74, 6) is 0.793. The van der Waals surface area contributed by atoms with Crippen LogP contribution in [0.1, 0.15) is 38.7 Å². The molecule has 0 aromatic heterocycles. The molecule has 2 atom stereocenters. The van der Waals surface area contributed by atoms with Crippen LogP contribution in [0.4, 0.5) is 0 Å². The molecule has 2 rings (SSSR count). The highest BCUT2D eigenvalue weighted by molar-refractivity contribution is 6.32. The molecule has 0 radical (unpaired) electrons. The molecule has 1 aromatic carbocycles. The molecular weight excluding hydrogens is 274 g/mol. The fourth-order valence-electron chi connectivity index (χ4n) is 2.44. The van der Waals surface area contributed by atoms with E-state index in [0.717, 1.165) is 43.7 Å². The van der Waals surface area contributed by atoms with Crippen LogP contribution in [0, 0.1) is 0 Å². The molecule has 1 heterocycles. The summed E-state index contributed by atoms with van der Waals surface area (Å²) in [4.78, 5) is 0. The highest BCUT2D eigenvalue weighted by Crippen LogP contribution is 2.30. The zero-order valence-corrected chi connectivity index (χ0v) is 13.1. The van der Waals surface area contributed by atoms with Crippen molar-refractivity contribution in [2.45, 2.75) is 51.9 Å². The topological polar surface area (TPSA) is 30.5 Å². The van der Waals surface area contributed by atoms with Crippen LogP contribution < -0.4 is 10.1 Å². The lowest BCUT2D eigenvalue weighted by molar-refractivity contribution is 0.0262. The van der Waals surface area contributed by atoms with Crippen LogP contribution in [0.5, 0.6) is 5.75 Å². The van der Waals surface area contributed by atoms with E-state index in [4.69, 9.17) is 21.1 Å². The van der Waals surface area contributed by atoms with Gasteiger partial charge in [0, 0.05) is 12.1 Å². The first kappa shape index (κ1) is 15.6. The minimum absolute atomic E-state index is 0.192. The number of halogens is 1. The molecule has 3 nitrogen and oxygen atoms in total. The van der Waals surface area contributed by atoms with Gasteiger partial charge in [-0.15, -0.1) is 0 Å². The molecule has 1 aromatic rings. The Kier molecular flexibility index (Phi) is 6.14. The van der Waals surface area contributed by atoms with Crippen LogP contribution in [0.3, 0.4) is 0 Å². The lowest BCUT2D eigenvalue weighted by Gasteiger charge is -2.17. The Morgan fingerprint density at radius 2 is 2.25 bits per heavy atom. The van der Waals surface area contributed by atoms with Gasteiger partial charge in [-0.3, -0.25) is 0 Å². The average molecular weight is 298 g/mol. The highest BCUT2D eigenvalue weighted by Gasteiger charge is 2.22. The lowest BCUT2D eigenvalue weighted by Crippen LogP contribution is -2.20. The zero-order valence-electron chi connectivity index (χ0n) is 12.3. The number of hydrogen-bond acceptors (Lipinski definition) is 3. The second-order valence-electron chi connectivity index (χ2n) is 5.36. The summed E-state index contributed by atoms with van der Waals surface area (Å²) in [7, 11) is 0. The summed E-state index contributed by atoms with van der Waals surface area (Å²) in [6, 6.07) is 5.90. The van der Waals surface area contributed by atoms with E-state index in [-0.39, 0.29) is 6.10 Å². The Bertz CT molecular complexity index is 425. The summed E-state index contributed by atoms with van der Waals surface area (Å²) < 4.78 is 11.7. The van der Waals surface area contributed by atoms with E-state index in [9.17, 15) is 0 Å². The largest absolute Gasteiger partial charge is 0.489 e. The molecule has 0 aliphatic carbocycles. The van der Waals surface area contributed by atoms with E-state index in [0.29, 0.717) is 17.7 Å². The molecule has 4 heteroatoms. The van der Waals surface area contributed by atoms with Gasteiger partial charge in [-0.1, -0.05) is 30.7 Å². The third-order valence-electron chi connectivity index (χ3n) is 3.52. The second kappa shape index (κ2) is 7.87. The molecule has 0 spiro atoms. The molecule has 1 N–H and O–H groups in total. The molecule has 0 bridgehead atoms. The zero-order chi connectivity index (χ0) is 14.4. The Morgan fingerprint density at radius 3 is 2.95 bits per heavy atom. The first-order valence-electron chi connectivity index (χ1n) is 7.47. The molecule has 1 saturated heterocycles. The second-order valence-corrected chi connectivity index (χ2v) is 5.77. The van der Waals surface area contributed by atoms with Gasteiger partial charge < -0.3 is 14.8 Å². The molecule has 1 aliphatic heterocycles. The quantitative estimate of drug-likeness (QED) is 0.777. The van der Waals surface area contributed by atoms with Crippen molar-refractivity contribution in [3.63, 3.8) is 0 Å². The minimum atomic E-state index is 0.192. The van der Waals surface area contributed by atoms with Crippen LogP contribution >= 0.6 is 11.6 Å². The van der Waals surface area contributed by atoms with Gasteiger partial charge in [0.05, 0.1) is 17.2 Å². The van der Waals surface area contributed by atoms with E-state index in [2.05, 4.69) is 25.2 Å². The maximum atomic E-state index is 6.26. The molecule has 112 valence electrons. The molecule has 2 unspecified atom stereocenters. The van der Waals surface area contributed by atoms with Crippen molar-refractivity contribution in [2.24, 2.45) is 0 Å². The van der Waals surface area contributed by atoms with Crippen LogP contribution in [0.2, 0.25) is 5.02 Å². The maximum absolute atomic E-state index is 6.26. The van der Waals surface area contributed by atoms with Crippen LogP contribution in [-0.4, -0.2) is 25.4 Å². The summed E-state index contributed by atoms with van der Waals surface area (Å²) >= 11 is 6.26. The Labute approximate surface area is 126 Å². The standard InChI is InChI=1S/C16H24ClNO2/c1-3-9-18-10-13-5-4-6-15(17)16(13)19-11-14-8-7-12(2)20-14/h4-6,12,14,18H,3,7-11H2,1-2H3. The number of para-hydroxylation sites is 1. The monoisotopic (exact) mass is 297 g/mol. The minimum Gasteiger partial charge on any atom is -0.489 e. The summed E-state index contributed by atoms with van der Waals surface area (Å²) in [6.45, 7) is 6.62. The Balaban J connectivity index is 1.94. The Morgan fingerprint density at radius 1 is 1.40 bits per heavy atom.